The van der Waals surface area contributed by atoms with E-state index in [1.54, 1.807) is 12.1 Å². The number of nitrogens with zero attached hydrogens (tertiary/aromatic N) is 2. The summed E-state index contributed by atoms with van der Waals surface area (Å²) in [6.45, 7) is 4.84. The van der Waals surface area contributed by atoms with Crippen LogP contribution >= 0.6 is 0 Å². The molecule has 33 heavy (non-hydrogen) atoms. The second-order valence-electron chi connectivity index (χ2n) is 7.18. The molecule has 0 bridgehead atoms. The zero-order valence-electron chi connectivity index (χ0n) is 18.5. The number of anilines is 1. The Morgan fingerprint density at radius 2 is 1.45 bits per heavy atom. The predicted molar refractivity (Wildman–Crippen MR) is 125 cm³/mol. The Hall–Kier alpha value is -4.13. The van der Waals surface area contributed by atoms with Crippen molar-refractivity contribution in [2.24, 2.45) is 0 Å². The number of hydrogen-bond acceptors (Lipinski definition) is 6. The number of amides is 1. The zero-order chi connectivity index (χ0) is 23.0. The summed E-state index contributed by atoms with van der Waals surface area (Å²) in [6, 6.07) is 24.6. The molecule has 3 aromatic carbocycles. The Bertz CT molecular complexity index is 1150. The molecule has 7 heteroatoms. The number of aromatic nitrogens is 2. The zero-order valence-corrected chi connectivity index (χ0v) is 18.5. The third kappa shape index (κ3) is 5.20. The largest absolute Gasteiger partial charge is 0.490 e. The van der Waals surface area contributed by atoms with Gasteiger partial charge in [0.1, 0.15) is 0 Å². The molecule has 0 spiro atoms. The van der Waals surface area contributed by atoms with Crippen LogP contribution in [0.25, 0.3) is 11.5 Å². The van der Waals surface area contributed by atoms with E-state index in [0.29, 0.717) is 30.3 Å². The molecule has 1 aromatic heterocycles. The molecule has 0 aliphatic heterocycles. The number of carbonyl (C=O) groups is 1. The summed E-state index contributed by atoms with van der Waals surface area (Å²) in [6.07, 6.45) is 0. The highest BCUT2D eigenvalue weighted by Gasteiger charge is 2.24. The number of ether oxygens (including phenoxy) is 2. The number of hydrogen-bond donors (Lipinski definition) is 1. The average molecular weight is 444 g/mol. The minimum atomic E-state index is -0.516. The molecule has 168 valence electrons. The summed E-state index contributed by atoms with van der Waals surface area (Å²) in [5.74, 6) is 0.728. The van der Waals surface area contributed by atoms with Crippen molar-refractivity contribution in [3.63, 3.8) is 0 Å². The van der Waals surface area contributed by atoms with Crippen LogP contribution in [0.4, 0.5) is 6.01 Å². The van der Waals surface area contributed by atoms with Crippen molar-refractivity contribution in [1.82, 2.24) is 10.2 Å². The Morgan fingerprint density at radius 1 is 0.848 bits per heavy atom. The van der Waals surface area contributed by atoms with Gasteiger partial charge >= 0.3 is 6.01 Å². The van der Waals surface area contributed by atoms with Crippen molar-refractivity contribution in [3.8, 4) is 23.0 Å². The second-order valence-corrected chi connectivity index (χ2v) is 7.18. The molecule has 1 heterocycles. The molecule has 4 rings (SSSR count). The van der Waals surface area contributed by atoms with Crippen LogP contribution in [0.15, 0.2) is 83.3 Å². The molecule has 0 aliphatic rings. The van der Waals surface area contributed by atoms with Crippen LogP contribution in [0.3, 0.4) is 0 Å². The van der Waals surface area contributed by atoms with Gasteiger partial charge in [-0.05, 0) is 43.2 Å². The first-order chi connectivity index (χ1) is 16.2. The fourth-order valence-corrected chi connectivity index (χ4v) is 3.54. The third-order valence-electron chi connectivity index (χ3n) is 4.97. The standard InChI is InChI=1S/C26H25N3O4/c1-3-31-21-16-15-20(17-22(21)32-4-2)25-28-29-26(33-25)27-24(30)23(18-11-7-5-8-12-18)19-13-9-6-10-14-19/h5-17,23H,3-4H2,1-2H3,(H,27,29,30). The highest BCUT2D eigenvalue weighted by Crippen LogP contribution is 2.33. The van der Waals surface area contributed by atoms with Crippen LogP contribution < -0.4 is 14.8 Å². The molecule has 0 saturated carbocycles. The topological polar surface area (TPSA) is 86.5 Å². The SMILES string of the molecule is CCOc1ccc(-c2nnc(NC(=O)C(c3ccccc3)c3ccccc3)o2)cc1OCC. The number of carbonyl (C=O) groups excluding carboxylic acids is 1. The Labute approximate surface area is 192 Å². The predicted octanol–water partition coefficient (Wildman–Crippen LogP) is 5.30. The van der Waals surface area contributed by atoms with Crippen molar-refractivity contribution < 1.29 is 18.7 Å². The highest BCUT2D eigenvalue weighted by atomic mass is 16.5. The van der Waals surface area contributed by atoms with E-state index in [-0.39, 0.29) is 17.8 Å². The second kappa shape index (κ2) is 10.5. The van der Waals surface area contributed by atoms with Gasteiger partial charge in [-0.25, -0.2) is 0 Å². The van der Waals surface area contributed by atoms with Crippen LogP contribution in [0.2, 0.25) is 0 Å². The van der Waals surface area contributed by atoms with Gasteiger partial charge in [0, 0.05) is 5.56 Å². The fourth-order valence-electron chi connectivity index (χ4n) is 3.54. The van der Waals surface area contributed by atoms with E-state index >= 15 is 0 Å². The smallest absolute Gasteiger partial charge is 0.322 e. The lowest BCUT2D eigenvalue weighted by Crippen LogP contribution is -2.22. The lowest BCUT2D eigenvalue weighted by Gasteiger charge is -2.16. The molecule has 0 aliphatic carbocycles. The van der Waals surface area contributed by atoms with Gasteiger partial charge in [0.25, 0.3) is 0 Å². The molecule has 0 atom stereocenters. The minimum absolute atomic E-state index is 0.0266. The van der Waals surface area contributed by atoms with Crippen molar-refractivity contribution in [1.29, 1.82) is 0 Å². The van der Waals surface area contributed by atoms with Gasteiger partial charge < -0.3 is 13.9 Å². The lowest BCUT2D eigenvalue weighted by molar-refractivity contribution is -0.116. The van der Waals surface area contributed by atoms with Gasteiger partial charge in [-0.1, -0.05) is 65.8 Å². The number of nitrogens with one attached hydrogen (secondary N) is 1. The summed E-state index contributed by atoms with van der Waals surface area (Å²) < 4.78 is 17.0. The van der Waals surface area contributed by atoms with E-state index in [1.807, 2.05) is 80.6 Å². The molecular formula is C26H25N3O4. The Morgan fingerprint density at radius 3 is 2.06 bits per heavy atom. The summed E-state index contributed by atoms with van der Waals surface area (Å²) in [5.41, 5.74) is 2.40. The molecule has 0 fully saturated rings. The van der Waals surface area contributed by atoms with E-state index in [1.165, 1.54) is 0 Å². The summed E-state index contributed by atoms with van der Waals surface area (Å²) in [4.78, 5) is 13.2. The average Bonchev–Trinajstić information content (AvgIpc) is 3.30. The summed E-state index contributed by atoms with van der Waals surface area (Å²) in [7, 11) is 0. The minimum Gasteiger partial charge on any atom is -0.490 e. The van der Waals surface area contributed by atoms with Crippen LogP contribution in [-0.2, 0) is 4.79 Å². The molecule has 1 amide bonds. The van der Waals surface area contributed by atoms with E-state index < -0.39 is 5.92 Å². The van der Waals surface area contributed by atoms with Crippen molar-refractivity contribution in [3.05, 3.63) is 90.0 Å². The highest BCUT2D eigenvalue weighted by molar-refractivity contribution is 5.96. The van der Waals surface area contributed by atoms with Crippen molar-refractivity contribution >= 4 is 11.9 Å². The quantitative estimate of drug-likeness (QED) is 0.378. The van der Waals surface area contributed by atoms with E-state index in [0.717, 1.165) is 11.1 Å². The fraction of sp³-hybridized carbons (Fsp3) is 0.192. The number of benzene rings is 3. The van der Waals surface area contributed by atoms with E-state index in [9.17, 15) is 4.79 Å². The molecule has 0 saturated heterocycles. The third-order valence-corrected chi connectivity index (χ3v) is 4.97. The number of rotatable bonds is 9. The van der Waals surface area contributed by atoms with Crippen LogP contribution in [0.5, 0.6) is 11.5 Å². The Balaban J connectivity index is 1.57. The monoisotopic (exact) mass is 443 g/mol. The van der Waals surface area contributed by atoms with Gasteiger partial charge in [0.2, 0.25) is 11.8 Å². The van der Waals surface area contributed by atoms with Crippen LogP contribution in [0, 0.1) is 0 Å². The maximum atomic E-state index is 13.2. The van der Waals surface area contributed by atoms with Crippen molar-refractivity contribution in [2.45, 2.75) is 19.8 Å². The first-order valence-corrected chi connectivity index (χ1v) is 10.8. The molecule has 7 nitrogen and oxygen atoms in total. The lowest BCUT2D eigenvalue weighted by atomic mass is 9.90. The normalized spacial score (nSPS) is 10.8. The maximum absolute atomic E-state index is 13.2. The molecular weight excluding hydrogens is 418 g/mol. The molecule has 4 aromatic rings. The maximum Gasteiger partial charge on any atom is 0.322 e. The van der Waals surface area contributed by atoms with Crippen LogP contribution in [0.1, 0.15) is 30.9 Å². The van der Waals surface area contributed by atoms with E-state index in [2.05, 4.69) is 15.5 Å². The van der Waals surface area contributed by atoms with E-state index in [4.69, 9.17) is 13.9 Å². The molecule has 0 radical (unpaired) electrons. The molecule has 1 N–H and O–H groups in total. The summed E-state index contributed by atoms with van der Waals surface area (Å²) >= 11 is 0. The van der Waals surface area contributed by atoms with Crippen molar-refractivity contribution in [2.75, 3.05) is 18.5 Å². The Kier molecular flexibility index (Phi) is 6.99. The molecule has 0 unspecified atom stereocenters. The van der Waals surface area contributed by atoms with Gasteiger partial charge in [-0.3, -0.25) is 10.1 Å². The van der Waals surface area contributed by atoms with Gasteiger partial charge in [0.15, 0.2) is 11.5 Å². The van der Waals surface area contributed by atoms with Crippen LogP contribution in [-0.4, -0.2) is 29.3 Å². The van der Waals surface area contributed by atoms with Gasteiger partial charge in [-0.2, -0.15) is 0 Å². The van der Waals surface area contributed by atoms with Gasteiger partial charge in [-0.15, -0.1) is 5.10 Å². The first kappa shape index (κ1) is 22.1. The van der Waals surface area contributed by atoms with Gasteiger partial charge in [0.05, 0.1) is 19.1 Å². The first-order valence-electron chi connectivity index (χ1n) is 10.8. The summed E-state index contributed by atoms with van der Waals surface area (Å²) in [5, 5.41) is 10.9.